The summed E-state index contributed by atoms with van der Waals surface area (Å²) < 4.78 is 5.78. The summed E-state index contributed by atoms with van der Waals surface area (Å²) in [6.45, 7) is 5.90. The molecule has 0 fully saturated rings. The summed E-state index contributed by atoms with van der Waals surface area (Å²) in [6, 6.07) is 7.55. The van der Waals surface area contributed by atoms with Crippen molar-refractivity contribution in [2.24, 2.45) is 0 Å². The van der Waals surface area contributed by atoms with E-state index in [0.717, 1.165) is 24.2 Å². The summed E-state index contributed by atoms with van der Waals surface area (Å²) in [5.41, 5.74) is 0.914. The summed E-state index contributed by atoms with van der Waals surface area (Å²) >= 11 is 0. The van der Waals surface area contributed by atoms with Crippen LogP contribution in [0.5, 0.6) is 5.75 Å². The Balaban J connectivity index is 2.76. The van der Waals surface area contributed by atoms with Gasteiger partial charge in [0, 0.05) is 0 Å². The van der Waals surface area contributed by atoms with Crippen molar-refractivity contribution in [1.29, 1.82) is 0 Å². The van der Waals surface area contributed by atoms with Gasteiger partial charge >= 0.3 is 5.97 Å². The predicted octanol–water partition coefficient (Wildman–Crippen LogP) is 3.84. The van der Waals surface area contributed by atoms with Gasteiger partial charge in [-0.05, 0) is 38.0 Å². The molecular formula is C17H22O3. The van der Waals surface area contributed by atoms with E-state index in [1.165, 1.54) is 0 Å². The molecule has 0 unspecified atom stereocenters. The third-order valence-corrected chi connectivity index (χ3v) is 3.01. The first-order chi connectivity index (χ1) is 9.56. The fraction of sp³-hybridized carbons (Fsp3) is 0.471. The van der Waals surface area contributed by atoms with E-state index in [4.69, 9.17) is 9.84 Å². The molecule has 0 amide bonds. The molecule has 0 aliphatic heterocycles. The molecule has 1 rings (SSSR count). The molecule has 0 saturated carbocycles. The van der Waals surface area contributed by atoms with E-state index in [-0.39, 0.29) is 18.4 Å². The van der Waals surface area contributed by atoms with Gasteiger partial charge in [-0.2, -0.15) is 0 Å². The van der Waals surface area contributed by atoms with Gasteiger partial charge in [0.15, 0.2) is 0 Å². The van der Waals surface area contributed by atoms with E-state index in [1.807, 2.05) is 31.2 Å². The second-order valence-corrected chi connectivity index (χ2v) is 4.83. The van der Waals surface area contributed by atoms with E-state index in [1.54, 1.807) is 6.92 Å². The van der Waals surface area contributed by atoms with Crippen molar-refractivity contribution in [2.75, 3.05) is 0 Å². The monoisotopic (exact) mass is 274 g/mol. The van der Waals surface area contributed by atoms with Crippen molar-refractivity contribution in [3.05, 3.63) is 29.8 Å². The number of hydrogen-bond donors (Lipinski definition) is 1. The first kappa shape index (κ1) is 16.1. The van der Waals surface area contributed by atoms with Crippen LogP contribution in [0.15, 0.2) is 24.3 Å². The molecule has 1 N–H and O–H groups in total. The molecule has 0 spiro atoms. The van der Waals surface area contributed by atoms with Gasteiger partial charge in [0.25, 0.3) is 0 Å². The maximum Gasteiger partial charge on any atom is 0.304 e. The summed E-state index contributed by atoms with van der Waals surface area (Å²) in [5, 5.41) is 8.91. The van der Waals surface area contributed by atoms with Crippen molar-refractivity contribution in [3.8, 4) is 17.6 Å². The number of carboxylic acid groups (broad SMARTS) is 1. The molecule has 3 nitrogen and oxygen atoms in total. The second kappa shape index (κ2) is 8.27. The summed E-state index contributed by atoms with van der Waals surface area (Å²) in [4.78, 5) is 10.8. The smallest absolute Gasteiger partial charge is 0.304 e. The molecule has 108 valence electrons. The van der Waals surface area contributed by atoms with Crippen LogP contribution in [0.2, 0.25) is 0 Å². The Morgan fingerprint density at radius 2 is 2.00 bits per heavy atom. The van der Waals surface area contributed by atoms with E-state index in [0.29, 0.717) is 0 Å². The number of ether oxygens (including phenoxy) is 1. The second-order valence-electron chi connectivity index (χ2n) is 4.83. The quantitative estimate of drug-likeness (QED) is 0.768. The largest absolute Gasteiger partial charge is 0.491 e. The third-order valence-electron chi connectivity index (χ3n) is 3.01. The van der Waals surface area contributed by atoms with Crippen LogP contribution >= 0.6 is 0 Å². The number of hydrogen-bond acceptors (Lipinski definition) is 2. The Morgan fingerprint density at radius 1 is 1.35 bits per heavy atom. The zero-order chi connectivity index (χ0) is 15.0. The van der Waals surface area contributed by atoms with Gasteiger partial charge < -0.3 is 9.84 Å². The van der Waals surface area contributed by atoms with Crippen molar-refractivity contribution in [2.45, 2.75) is 52.1 Å². The molecule has 1 aromatic carbocycles. The minimum atomic E-state index is -0.838. The molecular weight excluding hydrogens is 252 g/mol. The predicted molar refractivity (Wildman–Crippen MR) is 79.9 cm³/mol. The lowest BCUT2D eigenvalue weighted by Gasteiger charge is -2.15. The van der Waals surface area contributed by atoms with Gasteiger partial charge in [0.1, 0.15) is 5.75 Å². The Morgan fingerprint density at radius 3 is 2.50 bits per heavy atom. The molecule has 0 aliphatic carbocycles. The number of carbonyl (C=O) groups is 1. The van der Waals surface area contributed by atoms with Gasteiger partial charge in [-0.1, -0.05) is 31.4 Å². The molecule has 1 aromatic rings. The highest BCUT2D eigenvalue weighted by atomic mass is 16.5. The van der Waals surface area contributed by atoms with E-state index < -0.39 is 5.97 Å². The van der Waals surface area contributed by atoms with Crippen molar-refractivity contribution < 1.29 is 14.6 Å². The molecule has 0 bridgehead atoms. The Kier molecular flexibility index (Phi) is 6.66. The van der Waals surface area contributed by atoms with Gasteiger partial charge in [-0.3, -0.25) is 4.79 Å². The number of aliphatic carboxylic acids is 1. The molecule has 0 aliphatic rings. The summed E-state index contributed by atoms with van der Waals surface area (Å²) in [7, 11) is 0. The third kappa shape index (κ3) is 5.36. The topological polar surface area (TPSA) is 46.5 Å². The van der Waals surface area contributed by atoms with Crippen LogP contribution in [0.25, 0.3) is 0 Å². The zero-order valence-electron chi connectivity index (χ0n) is 12.3. The minimum Gasteiger partial charge on any atom is -0.491 e. The standard InChI is InChI=1S/C17H22O3/c1-4-6-13(3)20-16-10-8-14(9-11-16)15(7-5-2)12-17(18)19/h8-11,13,15H,4,6,12H2,1-3H3,(H,18,19)/t13-,15+/m0/s1. The average molecular weight is 274 g/mol. The van der Waals surface area contributed by atoms with Crippen LogP contribution in [0.1, 0.15) is 51.5 Å². The van der Waals surface area contributed by atoms with Gasteiger partial charge in [0.2, 0.25) is 0 Å². The SMILES string of the molecule is CC#C[C@H](CC(=O)O)c1ccc(O[C@@H](C)CCC)cc1. The van der Waals surface area contributed by atoms with Crippen LogP contribution < -0.4 is 4.74 Å². The highest BCUT2D eigenvalue weighted by molar-refractivity contribution is 5.69. The van der Waals surface area contributed by atoms with E-state index in [9.17, 15) is 4.79 Å². The first-order valence-corrected chi connectivity index (χ1v) is 6.97. The summed E-state index contributed by atoms with van der Waals surface area (Å²) in [5.74, 6) is 5.44. The normalized spacial score (nSPS) is 12.9. The molecule has 0 heterocycles. The van der Waals surface area contributed by atoms with Crippen LogP contribution in [0.3, 0.4) is 0 Å². The highest BCUT2D eigenvalue weighted by Crippen LogP contribution is 2.23. The maximum absolute atomic E-state index is 10.8. The van der Waals surface area contributed by atoms with Gasteiger partial charge in [-0.25, -0.2) is 0 Å². The van der Waals surface area contributed by atoms with Crippen LogP contribution in [0.4, 0.5) is 0 Å². The lowest BCUT2D eigenvalue weighted by molar-refractivity contribution is -0.137. The number of rotatable bonds is 7. The highest BCUT2D eigenvalue weighted by Gasteiger charge is 2.13. The lowest BCUT2D eigenvalue weighted by Crippen LogP contribution is -2.11. The maximum atomic E-state index is 10.8. The first-order valence-electron chi connectivity index (χ1n) is 6.97. The van der Waals surface area contributed by atoms with Gasteiger partial charge in [0.05, 0.1) is 18.4 Å². The average Bonchev–Trinajstić information content (AvgIpc) is 2.39. The molecule has 3 heteroatoms. The molecule has 0 saturated heterocycles. The number of carboxylic acids is 1. The Hall–Kier alpha value is -1.95. The van der Waals surface area contributed by atoms with Crippen LogP contribution in [-0.2, 0) is 4.79 Å². The fourth-order valence-electron chi connectivity index (χ4n) is 2.08. The molecule has 0 radical (unpaired) electrons. The number of benzene rings is 1. The van der Waals surface area contributed by atoms with E-state index in [2.05, 4.69) is 18.8 Å². The minimum absolute atomic E-state index is 0.0211. The van der Waals surface area contributed by atoms with Crippen LogP contribution in [-0.4, -0.2) is 17.2 Å². The zero-order valence-corrected chi connectivity index (χ0v) is 12.3. The van der Waals surface area contributed by atoms with Crippen molar-refractivity contribution >= 4 is 5.97 Å². The molecule has 20 heavy (non-hydrogen) atoms. The Bertz CT molecular complexity index is 479. The Labute approximate surface area is 121 Å². The molecule has 2 atom stereocenters. The molecule has 0 aromatic heterocycles. The van der Waals surface area contributed by atoms with E-state index >= 15 is 0 Å². The fourth-order valence-corrected chi connectivity index (χ4v) is 2.08. The lowest BCUT2D eigenvalue weighted by atomic mass is 9.96. The van der Waals surface area contributed by atoms with Crippen LogP contribution in [0, 0.1) is 11.8 Å². The van der Waals surface area contributed by atoms with Crippen molar-refractivity contribution in [3.63, 3.8) is 0 Å². The van der Waals surface area contributed by atoms with Gasteiger partial charge in [-0.15, -0.1) is 5.92 Å². The summed E-state index contributed by atoms with van der Waals surface area (Å²) in [6.07, 6.45) is 2.32. The van der Waals surface area contributed by atoms with Crippen molar-refractivity contribution in [1.82, 2.24) is 0 Å².